The van der Waals surface area contributed by atoms with Gasteiger partial charge in [0.2, 0.25) is 0 Å². The number of hydrogen-bond acceptors (Lipinski definition) is 3. The normalized spacial score (nSPS) is 10.8. The quantitative estimate of drug-likeness (QED) is 0.481. The van der Waals surface area contributed by atoms with Gasteiger partial charge in [0.15, 0.2) is 6.61 Å². The summed E-state index contributed by atoms with van der Waals surface area (Å²) in [6, 6.07) is 10.4. The van der Waals surface area contributed by atoms with Crippen molar-refractivity contribution in [2.45, 2.75) is 0 Å². The smallest absolute Gasteiger partial charge is 0.277 e. The van der Waals surface area contributed by atoms with Crippen LogP contribution < -0.4 is 10.2 Å². The van der Waals surface area contributed by atoms with Gasteiger partial charge < -0.3 is 4.74 Å². The molecule has 1 N–H and O–H groups in total. The van der Waals surface area contributed by atoms with E-state index in [1.54, 1.807) is 24.3 Å². The first kappa shape index (κ1) is 18.3. The molecule has 0 saturated heterocycles. The first-order valence-corrected chi connectivity index (χ1v) is 8.64. The van der Waals surface area contributed by atoms with Crippen LogP contribution in [0, 0.1) is 0 Å². The fourth-order valence-corrected chi connectivity index (χ4v) is 3.17. The molecule has 0 aliphatic rings. The fraction of sp³-hybridized carbons (Fsp3) is 0.0667. The number of ether oxygens (including phenoxy) is 1. The van der Waals surface area contributed by atoms with Crippen molar-refractivity contribution in [3.8, 4) is 5.75 Å². The van der Waals surface area contributed by atoms with E-state index in [9.17, 15) is 4.79 Å². The number of amides is 1. The van der Waals surface area contributed by atoms with Crippen molar-refractivity contribution in [3.63, 3.8) is 0 Å². The molecule has 0 aromatic heterocycles. The zero-order valence-corrected chi connectivity index (χ0v) is 16.2. The van der Waals surface area contributed by atoms with Crippen molar-refractivity contribution >= 4 is 67.2 Å². The minimum Gasteiger partial charge on any atom is -0.483 e. The summed E-state index contributed by atoms with van der Waals surface area (Å²) in [5.41, 5.74) is 3.01. The van der Waals surface area contributed by atoms with Gasteiger partial charge in [-0.25, -0.2) is 5.43 Å². The molecular weight excluding hydrogens is 471 g/mol. The van der Waals surface area contributed by atoms with E-state index < -0.39 is 0 Å². The van der Waals surface area contributed by atoms with Gasteiger partial charge in [-0.05, 0) is 46.3 Å². The summed E-state index contributed by atoms with van der Waals surface area (Å²) < 4.78 is 7.05. The van der Waals surface area contributed by atoms with E-state index in [1.807, 2.05) is 12.1 Å². The number of rotatable bonds is 5. The molecular formula is C15H10Br2Cl2N2O2. The van der Waals surface area contributed by atoms with Crippen molar-refractivity contribution in [3.05, 3.63) is 61.0 Å². The maximum Gasteiger partial charge on any atom is 0.277 e. The minimum absolute atomic E-state index is 0.161. The zero-order chi connectivity index (χ0) is 16.8. The highest BCUT2D eigenvalue weighted by atomic mass is 79.9. The minimum atomic E-state index is -0.388. The lowest BCUT2D eigenvalue weighted by Gasteiger charge is -2.07. The monoisotopic (exact) mass is 478 g/mol. The van der Waals surface area contributed by atoms with E-state index in [4.69, 9.17) is 27.9 Å². The molecule has 0 unspecified atom stereocenters. The third-order valence-electron chi connectivity index (χ3n) is 2.61. The summed E-state index contributed by atoms with van der Waals surface area (Å²) in [5, 5.41) is 4.81. The van der Waals surface area contributed by atoms with E-state index in [2.05, 4.69) is 42.4 Å². The number of halogens is 4. The number of nitrogens with one attached hydrogen (secondary N) is 1. The lowest BCUT2D eigenvalue weighted by atomic mass is 10.2. The highest BCUT2D eigenvalue weighted by molar-refractivity contribution is 9.11. The summed E-state index contributed by atoms with van der Waals surface area (Å²) in [7, 11) is 0. The van der Waals surface area contributed by atoms with Crippen LogP contribution in [0.2, 0.25) is 10.0 Å². The Morgan fingerprint density at radius 2 is 2.00 bits per heavy atom. The molecule has 2 rings (SSSR count). The van der Waals surface area contributed by atoms with Gasteiger partial charge in [0.05, 0.1) is 15.7 Å². The number of hydrazone groups is 1. The summed E-state index contributed by atoms with van der Waals surface area (Å²) in [4.78, 5) is 11.7. The number of carbonyl (C=O) groups is 1. The molecule has 8 heteroatoms. The molecule has 0 spiro atoms. The van der Waals surface area contributed by atoms with Crippen molar-refractivity contribution in [1.29, 1.82) is 0 Å². The molecule has 4 nitrogen and oxygen atoms in total. The van der Waals surface area contributed by atoms with Crippen molar-refractivity contribution in [2.75, 3.05) is 6.61 Å². The van der Waals surface area contributed by atoms with Crippen LogP contribution in [0.4, 0.5) is 0 Å². The molecule has 2 aromatic carbocycles. The van der Waals surface area contributed by atoms with E-state index in [0.29, 0.717) is 21.4 Å². The topological polar surface area (TPSA) is 50.7 Å². The lowest BCUT2D eigenvalue weighted by molar-refractivity contribution is -0.123. The number of hydrogen-bond donors (Lipinski definition) is 1. The maximum atomic E-state index is 11.7. The third kappa shape index (κ3) is 5.80. The van der Waals surface area contributed by atoms with Gasteiger partial charge in [-0.3, -0.25) is 4.79 Å². The largest absolute Gasteiger partial charge is 0.483 e. The fourth-order valence-electron chi connectivity index (χ4n) is 1.55. The number of nitrogens with zero attached hydrogens (tertiary/aromatic N) is 1. The predicted octanol–water partition coefficient (Wildman–Crippen LogP) is 5.05. The Kier molecular flexibility index (Phi) is 6.89. The van der Waals surface area contributed by atoms with Crippen molar-refractivity contribution in [2.24, 2.45) is 5.10 Å². The van der Waals surface area contributed by atoms with Crippen LogP contribution in [0.3, 0.4) is 0 Å². The van der Waals surface area contributed by atoms with E-state index in [1.165, 1.54) is 6.21 Å². The Bertz CT molecular complexity index is 754. The van der Waals surface area contributed by atoms with Crippen LogP contribution in [0.25, 0.3) is 0 Å². The summed E-state index contributed by atoms with van der Waals surface area (Å²) in [5.74, 6) is 0.175. The zero-order valence-electron chi connectivity index (χ0n) is 11.5. The highest BCUT2D eigenvalue weighted by Gasteiger charge is 2.05. The Balaban J connectivity index is 1.86. The SMILES string of the molecule is O=C(COc1ccc(Br)cc1Br)NN=Cc1ccc(Cl)cc1Cl. The van der Waals surface area contributed by atoms with Crippen molar-refractivity contribution < 1.29 is 9.53 Å². The van der Waals surface area contributed by atoms with Gasteiger partial charge in [0, 0.05) is 15.1 Å². The predicted molar refractivity (Wildman–Crippen MR) is 99.5 cm³/mol. The first-order chi connectivity index (χ1) is 11.0. The number of carbonyl (C=O) groups excluding carboxylic acids is 1. The molecule has 0 saturated carbocycles. The van der Waals surface area contributed by atoms with Gasteiger partial charge in [-0.15, -0.1) is 0 Å². The van der Waals surface area contributed by atoms with Gasteiger partial charge in [-0.1, -0.05) is 45.2 Å². The molecule has 0 aliphatic heterocycles. The van der Waals surface area contributed by atoms with E-state index in [-0.39, 0.29) is 12.5 Å². The molecule has 0 fully saturated rings. The molecule has 0 radical (unpaired) electrons. The maximum absolute atomic E-state index is 11.7. The van der Waals surface area contributed by atoms with Crippen LogP contribution in [0.15, 0.2) is 50.4 Å². The third-order valence-corrected chi connectivity index (χ3v) is 4.28. The Morgan fingerprint density at radius 1 is 1.22 bits per heavy atom. The van der Waals surface area contributed by atoms with Crippen LogP contribution in [0.1, 0.15) is 5.56 Å². The van der Waals surface area contributed by atoms with Gasteiger partial charge in [0.1, 0.15) is 5.75 Å². The Labute approximate surface area is 160 Å². The summed E-state index contributed by atoms with van der Waals surface area (Å²) in [6.45, 7) is -0.161. The Morgan fingerprint density at radius 3 is 2.70 bits per heavy atom. The second-order valence-corrected chi connectivity index (χ2v) is 6.94. The van der Waals surface area contributed by atoms with E-state index in [0.717, 1.165) is 8.95 Å². The van der Waals surface area contributed by atoms with Crippen LogP contribution in [-0.4, -0.2) is 18.7 Å². The number of benzene rings is 2. The molecule has 120 valence electrons. The molecule has 0 bridgehead atoms. The van der Waals surface area contributed by atoms with Gasteiger partial charge in [-0.2, -0.15) is 5.10 Å². The van der Waals surface area contributed by atoms with Crippen LogP contribution in [-0.2, 0) is 4.79 Å². The first-order valence-electron chi connectivity index (χ1n) is 6.30. The molecule has 0 heterocycles. The summed E-state index contributed by atoms with van der Waals surface area (Å²) >= 11 is 18.5. The lowest BCUT2D eigenvalue weighted by Crippen LogP contribution is -2.24. The van der Waals surface area contributed by atoms with Gasteiger partial charge >= 0.3 is 0 Å². The van der Waals surface area contributed by atoms with Crippen molar-refractivity contribution in [1.82, 2.24) is 5.43 Å². The average Bonchev–Trinajstić information content (AvgIpc) is 2.48. The molecule has 0 atom stereocenters. The summed E-state index contributed by atoms with van der Waals surface area (Å²) in [6.07, 6.45) is 1.44. The second kappa shape index (κ2) is 8.68. The van der Waals surface area contributed by atoms with Gasteiger partial charge in [0.25, 0.3) is 5.91 Å². The second-order valence-electron chi connectivity index (χ2n) is 4.32. The molecule has 1 amide bonds. The molecule has 23 heavy (non-hydrogen) atoms. The standard InChI is InChI=1S/C15H10Br2Cl2N2O2/c16-10-2-4-14(12(17)5-10)23-8-15(22)21-20-7-9-1-3-11(18)6-13(9)19/h1-7H,8H2,(H,21,22). The van der Waals surface area contributed by atoms with E-state index >= 15 is 0 Å². The van der Waals surface area contributed by atoms with Crippen LogP contribution in [0.5, 0.6) is 5.75 Å². The molecule has 2 aromatic rings. The Hall–Kier alpha value is -1.08. The molecule has 0 aliphatic carbocycles. The average molecular weight is 481 g/mol. The van der Waals surface area contributed by atoms with Crippen LogP contribution >= 0.6 is 55.1 Å². The highest BCUT2D eigenvalue weighted by Crippen LogP contribution is 2.28.